The number of aromatic nitrogens is 3. The number of hydrogen-bond acceptors (Lipinski definition) is 4. The summed E-state index contributed by atoms with van der Waals surface area (Å²) >= 11 is 0. The normalized spacial score (nSPS) is 11.5. The maximum atomic E-state index is 12.9. The van der Waals surface area contributed by atoms with Crippen molar-refractivity contribution in [2.45, 2.75) is 4.90 Å². The highest BCUT2D eigenvalue weighted by Gasteiger charge is 2.20. The van der Waals surface area contributed by atoms with E-state index in [1.807, 2.05) is 36.4 Å². The van der Waals surface area contributed by atoms with Gasteiger partial charge >= 0.3 is 0 Å². The Hall–Kier alpha value is -3.19. The molecule has 2 heterocycles. The summed E-state index contributed by atoms with van der Waals surface area (Å²) in [6.45, 7) is 0. The van der Waals surface area contributed by atoms with Gasteiger partial charge in [-0.05, 0) is 17.7 Å². The standard InChI is InChI=1S/C18H14N4O2S/c23-25(24,22-17-12-20-18-15(21-17)10-11-19-18)16-9-5-4-8-14(16)13-6-2-1-3-7-13/h1-12H,(H,19,20)(H,21,22). The van der Waals surface area contributed by atoms with Crippen LogP contribution < -0.4 is 4.72 Å². The third kappa shape index (κ3) is 2.97. The van der Waals surface area contributed by atoms with Crippen molar-refractivity contribution in [3.8, 4) is 11.1 Å². The fourth-order valence-electron chi connectivity index (χ4n) is 2.63. The molecule has 0 saturated heterocycles. The van der Waals surface area contributed by atoms with E-state index in [1.54, 1.807) is 30.5 Å². The van der Waals surface area contributed by atoms with E-state index >= 15 is 0 Å². The van der Waals surface area contributed by atoms with Crippen LogP contribution in [-0.2, 0) is 10.0 Å². The predicted molar refractivity (Wildman–Crippen MR) is 96.6 cm³/mol. The van der Waals surface area contributed by atoms with Crippen molar-refractivity contribution in [3.05, 3.63) is 73.1 Å². The van der Waals surface area contributed by atoms with E-state index < -0.39 is 10.0 Å². The second-order valence-corrected chi connectivity index (χ2v) is 7.09. The molecule has 0 aliphatic carbocycles. The van der Waals surface area contributed by atoms with Crippen LogP contribution in [0.2, 0.25) is 0 Å². The second kappa shape index (κ2) is 6.03. The molecule has 0 atom stereocenters. The average Bonchev–Trinajstić information content (AvgIpc) is 3.10. The minimum absolute atomic E-state index is 0.176. The number of H-pyrrole nitrogens is 1. The molecule has 7 heteroatoms. The minimum Gasteiger partial charge on any atom is -0.345 e. The van der Waals surface area contributed by atoms with Gasteiger partial charge in [0.2, 0.25) is 0 Å². The number of nitrogens with one attached hydrogen (secondary N) is 2. The Balaban J connectivity index is 1.75. The van der Waals surface area contributed by atoms with Crippen molar-refractivity contribution < 1.29 is 8.42 Å². The van der Waals surface area contributed by atoms with Crippen molar-refractivity contribution in [2.24, 2.45) is 0 Å². The van der Waals surface area contributed by atoms with Crippen molar-refractivity contribution in [1.29, 1.82) is 0 Å². The summed E-state index contributed by atoms with van der Waals surface area (Å²) in [4.78, 5) is 11.5. The average molecular weight is 350 g/mol. The summed E-state index contributed by atoms with van der Waals surface area (Å²) < 4.78 is 28.3. The number of anilines is 1. The van der Waals surface area contributed by atoms with Gasteiger partial charge in [-0.3, -0.25) is 4.72 Å². The molecule has 0 radical (unpaired) electrons. The Morgan fingerprint density at radius 1 is 0.920 bits per heavy atom. The van der Waals surface area contributed by atoms with Gasteiger partial charge in [-0.1, -0.05) is 48.5 Å². The third-order valence-corrected chi connectivity index (χ3v) is 5.17. The quantitative estimate of drug-likeness (QED) is 0.590. The Labute approximate surface area is 144 Å². The maximum Gasteiger partial charge on any atom is 0.263 e. The fourth-order valence-corrected chi connectivity index (χ4v) is 3.85. The van der Waals surface area contributed by atoms with Crippen LogP contribution in [0.4, 0.5) is 5.82 Å². The lowest BCUT2D eigenvalue weighted by Gasteiger charge is -2.12. The lowest BCUT2D eigenvalue weighted by molar-refractivity contribution is 0.601. The smallest absolute Gasteiger partial charge is 0.263 e. The molecule has 0 amide bonds. The highest BCUT2D eigenvalue weighted by molar-refractivity contribution is 7.92. The molecule has 25 heavy (non-hydrogen) atoms. The summed E-state index contributed by atoms with van der Waals surface area (Å²) in [5, 5.41) is 0. The lowest BCUT2D eigenvalue weighted by Crippen LogP contribution is -2.15. The third-order valence-electron chi connectivity index (χ3n) is 3.76. The lowest BCUT2D eigenvalue weighted by atomic mass is 10.1. The molecule has 0 unspecified atom stereocenters. The van der Waals surface area contributed by atoms with Gasteiger partial charge < -0.3 is 4.98 Å². The Kier molecular flexibility index (Phi) is 3.70. The number of aromatic amines is 1. The molecule has 6 nitrogen and oxygen atoms in total. The number of benzene rings is 2. The monoisotopic (exact) mass is 350 g/mol. The minimum atomic E-state index is -3.81. The van der Waals surface area contributed by atoms with Crippen molar-refractivity contribution in [3.63, 3.8) is 0 Å². The molecule has 4 rings (SSSR count). The van der Waals surface area contributed by atoms with Crippen molar-refractivity contribution >= 4 is 27.0 Å². The van der Waals surface area contributed by atoms with Gasteiger partial charge in [0.25, 0.3) is 10.0 Å². The van der Waals surface area contributed by atoms with E-state index in [0.29, 0.717) is 16.7 Å². The molecule has 0 fully saturated rings. The first-order valence-corrected chi connectivity index (χ1v) is 9.09. The largest absolute Gasteiger partial charge is 0.345 e. The van der Waals surface area contributed by atoms with Crippen LogP contribution in [0, 0.1) is 0 Å². The molecule has 0 aliphatic rings. The summed E-state index contributed by atoms with van der Waals surface area (Å²) in [7, 11) is -3.81. The molecular formula is C18H14N4O2S. The number of rotatable bonds is 4. The van der Waals surface area contributed by atoms with Crippen LogP contribution in [0.15, 0.2) is 78.0 Å². The van der Waals surface area contributed by atoms with Gasteiger partial charge in [-0.25, -0.2) is 18.4 Å². The van der Waals surface area contributed by atoms with Gasteiger partial charge in [-0.15, -0.1) is 0 Å². The number of sulfonamides is 1. The molecule has 2 aromatic heterocycles. The highest BCUT2D eigenvalue weighted by Crippen LogP contribution is 2.28. The molecule has 2 aromatic carbocycles. The first-order chi connectivity index (χ1) is 12.1. The Morgan fingerprint density at radius 3 is 2.52 bits per heavy atom. The maximum absolute atomic E-state index is 12.9. The zero-order valence-electron chi connectivity index (χ0n) is 13.0. The Morgan fingerprint density at radius 2 is 1.68 bits per heavy atom. The summed E-state index contributed by atoms with van der Waals surface area (Å²) in [6, 6.07) is 18.0. The molecule has 0 spiro atoms. The van der Waals surface area contributed by atoms with E-state index in [0.717, 1.165) is 5.56 Å². The summed E-state index contributed by atoms with van der Waals surface area (Å²) in [5.74, 6) is 0.176. The van der Waals surface area contributed by atoms with Gasteiger partial charge in [-0.2, -0.15) is 0 Å². The van der Waals surface area contributed by atoms with Gasteiger partial charge in [0.1, 0.15) is 5.52 Å². The van der Waals surface area contributed by atoms with Crippen LogP contribution in [-0.4, -0.2) is 23.4 Å². The number of hydrogen-bond donors (Lipinski definition) is 2. The van der Waals surface area contributed by atoms with E-state index in [9.17, 15) is 8.42 Å². The van der Waals surface area contributed by atoms with E-state index in [4.69, 9.17) is 0 Å². The zero-order chi connectivity index (χ0) is 17.3. The second-order valence-electron chi connectivity index (χ2n) is 5.43. The number of fused-ring (bicyclic) bond motifs is 1. The molecule has 2 N–H and O–H groups in total. The van der Waals surface area contributed by atoms with Gasteiger partial charge in [0, 0.05) is 11.8 Å². The first kappa shape index (κ1) is 15.3. The molecular weight excluding hydrogens is 336 g/mol. The van der Waals surface area contributed by atoms with Crippen LogP contribution in [0.3, 0.4) is 0 Å². The van der Waals surface area contributed by atoms with E-state index in [-0.39, 0.29) is 10.7 Å². The molecule has 4 aromatic rings. The molecule has 0 bridgehead atoms. The fraction of sp³-hybridized carbons (Fsp3) is 0. The van der Waals surface area contributed by atoms with Crippen molar-refractivity contribution in [2.75, 3.05) is 4.72 Å². The summed E-state index contributed by atoms with van der Waals surface area (Å²) in [6.07, 6.45) is 3.09. The molecule has 0 aliphatic heterocycles. The highest BCUT2D eigenvalue weighted by atomic mass is 32.2. The van der Waals surface area contributed by atoms with Crippen LogP contribution in [0.1, 0.15) is 0 Å². The van der Waals surface area contributed by atoms with Gasteiger partial charge in [0.05, 0.1) is 11.1 Å². The van der Waals surface area contributed by atoms with Crippen LogP contribution in [0.5, 0.6) is 0 Å². The first-order valence-electron chi connectivity index (χ1n) is 7.61. The van der Waals surface area contributed by atoms with Crippen LogP contribution in [0.25, 0.3) is 22.3 Å². The van der Waals surface area contributed by atoms with Crippen LogP contribution >= 0.6 is 0 Å². The molecule has 124 valence electrons. The zero-order valence-corrected chi connectivity index (χ0v) is 13.9. The van der Waals surface area contributed by atoms with E-state index in [1.165, 1.54) is 6.20 Å². The van der Waals surface area contributed by atoms with Gasteiger partial charge in [0.15, 0.2) is 11.5 Å². The SMILES string of the molecule is O=S(=O)(Nc1cnc2[nH]ccc2n1)c1ccccc1-c1ccccc1. The topological polar surface area (TPSA) is 87.7 Å². The van der Waals surface area contributed by atoms with Crippen molar-refractivity contribution in [1.82, 2.24) is 15.0 Å². The Bertz CT molecular complexity index is 1140. The molecule has 0 saturated carbocycles. The predicted octanol–water partition coefficient (Wildman–Crippen LogP) is 3.43. The summed E-state index contributed by atoms with van der Waals surface area (Å²) in [5.41, 5.74) is 2.66. The van der Waals surface area contributed by atoms with E-state index in [2.05, 4.69) is 19.7 Å². The number of nitrogens with zero attached hydrogens (tertiary/aromatic N) is 2.